The van der Waals surface area contributed by atoms with Gasteiger partial charge in [-0.15, -0.1) is 0 Å². The Bertz CT molecular complexity index is 963. The summed E-state index contributed by atoms with van der Waals surface area (Å²) in [6.45, 7) is 4.56. The topological polar surface area (TPSA) is 75.2 Å². The van der Waals surface area contributed by atoms with Gasteiger partial charge in [-0.3, -0.25) is 9.59 Å². The van der Waals surface area contributed by atoms with Crippen molar-refractivity contribution in [1.82, 2.24) is 14.8 Å². The van der Waals surface area contributed by atoms with E-state index in [4.69, 9.17) is 9.47 Å². The third-order valence-corrected chi connectivity index (χ3v) is 6.48. The second-order valence-electron chi connectivity index (χ2n) is 8.45. The Kier molecular flexibility index (Phi) is 6.05. The zero-order valence-electron chi connectivity index (χ0n) is 18.1. The standard InChI is InChI=1S/C24H28N4O4/c29-23-17-32-21-16-27(15-20(21)28(23)9-7-18-4-2-1-3-5-18)24(30)19-6-8-25-22(14-19)26-10-12-31-13-11-26/h1-6,8,14,20-21H,7,9-13,15-17H2/t20-,21-/m0/s1. The van der Waals surface area contributed by atoms with Gasteiger partial charge in [0.15, 0.2) is 0 Å². The lowest BCUT2D eigenvalue weighted by Crippen LogP contribution is -2.54. The molecule has 32 heavy (non-hydrogen) atoms. The van der Waals surface area contributed by atoms with Crippen molar-refractivity contribution in [2.24, 2.45) is 0 Å². The Morgan fingerprint density at radius 3 is 2.72 bits per heavy atom. The lowest BCUT2D eigenvalue weighted by molar-refractivity contribution is -0.152. The van der Waals surface area contributed by atoms with E-state index >= 15 is 0 Å². The summed E-state index contributed by atoms with van der Waals surface area (Å²) in [6.07, 6.45) is 2.33. The smallest absolute Gasteiger partial charge is 0.254 e. The molecule has 168 valence electrons. The molecule has 3 fully saturated rings. The van der Waals surface area contributed by atoms with Crippen LogP contribution in [0.4, 0.5) is 5.82 Å². The quantitative estimate of drug-likeness (QED) is 0.702. The average molecular weight is 437 g/mol. The van der Waals surface area contributed by atoms with Gasteiger partial charge in [0.1, 0.15) is 12.4 Å². The number of morpholine rings is 2. The number of hydrogen-bond donors (Lipinski definition) is 0. The summed E-state index contributed by atoms with van der Waals surface area (Å²) in [6, 6.07) is 13.7. The molecule has 5 rings (SSSR count). The number of ether oxygens (including phenoxy) is 2. The van der Waals surface area contributed by atoms with Gasteiger partial charge in [0.05, 0.1) is 25.4 Å². The monoisotopic (exact) mass is 436 g/mol. The van der Waals surface area contributed by atoms with Gasteiger partial charge in [-0.1, -0.05) is 30.3 Å². The van der Waals surface area contributed by atoms with Crippen LogP contribution in [0.2, 0.25) is 0 Å². The fourth-order valence-electron chi connectivity index (χ4n) is 4.72. The van der Waals surface area contributed by atoms with Crippen LogP contribution in [0.15, 0.2) is 48.7 Å². The first kappa shape index (κ1) is 20.9. The molecule has 0 spiro atoms. The van der Waals surface area contributed by atoms with Crippen LogP contribution in [0.1, 0.15) is 15.9 Å². The molecule has 0 saturated carbocycles. The number of benzene rings is 1. The second kappa shape index (κ2) is 9.26. The van der Waals surface area contributed by atoms with Gasteiger partial charge < -0.3 is 24.2 Å². The van der Waals surface area contributed by atoms with Gasteiger partial charge in [0.25, 0.3) is 5.91 Å². The van der Waals surface area contributed by atoms with E-state index in [0.29, 0.717) is 38.4 Å². The zero-order valence-corrected chi connectivity index (χ0v) is 18.1. The molecular formula is C24H28N4O4. The number of pyridine rings is 1. The zero-order chi connectivity index (χ0) is 21.9. The first-order valence-electron chi connectivity index (χ1n) is 11.2. The summed E-state index contributed by atoms with van der Waals surface area (Å²) in [5, 5.41) is 0. The summed E-state index contributed by atoms with van der Waals surface area (Å²) in [7, 11) is 0. The number of rotatable bonds is 5. The van der Waals surface area contributed by atoms with Crippen LogP contribution < -0.4 is 4.90 Å². The largest absolute Gasteiger partial charge is 0.378 e. The molecule has 0 radical (unpaired) electrons. The first-order chi connectivity index (χ1) is 15.7. The van der Waals surface area contributed by atoms with E-state index in [1.54, 1.807) is 12.3 Å². The van der Waals surface area contributed by atoms with E-state index < -0.39 is 0 Å². The molecule has 0 bridgehead atoms. The summed E-state index contributed by atoms with van der Waals surface area (Å²) >= 11 is 0. The van der Waals surface area contributed by atoms with Crippen molar-refractivity contribution in [3.05, 3.63) is 59.8 Å². The second-order valence-corrected chi connectivity index (χ2v) is 8.45. The SMILES string of the molecule is O=C(c1ccnc(N2CCOCC2)c1)N1C[C@@H]2OCC(=O)N(CCc3ccccc3)[C@H]2C1. The Hall–Kier alpha value is -2.97. The van der Waals surface area contributed by atoms with Crippen LogP contribution in [0.5, 0.6) is 0 Å². The number of nitrogens with zero attached hydrogens (tertiary/aromatic N) is 4. The number of aromatic nitrogens is 1. The predicted octanol–water partition coefficient (Wildman–Crippen LogP) is 1.21. The van der Waals surface area contributed by atoms with Gasteiger partial charge in [-0.25, -0.2) is 4.98 Å². The van der Waals surface area contributed by atoms with Crippen LogP contribution in [0.3, 0.4) is 0 Å². The van der Waals surface area contributed by atoms with E-state index in [2.05, 4.69) is 22.0 Å². The van der Waals surface area contributed by atoms with E-state index in [1.807, 2.05) is 34.1 Å². The molecule has 1 aromatic carbocycles. The van der Waals surface area contributed by atoms with Crippen LogP contribution in [0, 0.1) is 0 Å². The molecule has 3 saturated heterocycles. The maximum atomic E-state index is 13.3. The molecule has 0 unspecified atom stereocenters. The lowest BCUT2D eigenvalue weighted by atomic mass is 10.1. The first-order valence-corrected chi connectivity index (χ1v) is 11.2. The minimum Gasteiger partial charge on any atom is -0.378 e. The summed E-state index contributed by atoms with van der Waals surface area (Å²) in [4.78, 5) is 36.2. The fourth-order valence-corrected chi connectivity index (χ4v) is 4.72. The molecule has 0 aliphatic carbocycles. The lowest BCUT2D eigenvalue weighted by Gasteiger charge is -2.36. The summed E-state index contributed by atoms with van der Waals surface area (Å²) in [5.74, 6) is 0.747. The highest BCUT2D eigenvalue weighted by atomic mass is 16.5. The molecule has 1 aromatic heterocycles. The molecule has 2 aromatic rings. The van der Waals surface area contributed by atoms with Crippen molar-refractivity contribution in [3.8, 4) is 0 Å². The van der Waals surface area contributed by atoms with Crippen molar-refractivity contribution in [3.63, 3.8) is 0 Å². The van der Waals surface area contributed by atoms with Crippen LogP contribution in [0.25, 0.3) is 0 Å². The Morgan fingerprint density at radius 2 is 1.91 bits per heavy atom. The van der Waals surface area contributed by atoms with Gasteiger partial charge in [-0.05, 0) is 24.1 Å². The number of carbonyl (C=O) groups excluding carboxylic acids is 2. The molecule has 2 atom stereocenters. The van der Waals surface area contributed by atoms with Crippen molar-refractivity contribution in [2.75, 3.05) is 57.4 Å². The van der Waals surface area contributed by atoms with E-state index in [9.17, 15) is 9.59 Å². The third kappa shape index (κ3) is 4.33. The molecule has 3 aliphatic rings. The molecular weight excluding hydrogens is 408 g/mol. The molecule has 0 N–H and O–H groups in total. The minimum atomic E-state index is -0.145. The number of hydrogen-bond acceptors (Lipinski definition) is 6. The van der Waals surface area contributed by atoms with Crippen molar-refractivity contribution < 1.29 is 19.1 Å². The van der Waals surface area contributed by atoms with Crippen molar-refractivity contribution in [1.29, 1.82) is 0 Å². The highest BCUT2D eigenvalue weighted by Gasteiger charge is 2.44. The summed E-state index contributed by atoms with van der Waals surface area (Å²) in [5.41, 5.74) is 1.81. The minimum absolute atomic E-state index is 0.00463. The van der Waals surface area contributed by atoms with E-state index in [1.165, 1.54) is 5.56 Å². The number of fused-ring (bicyclic) bond motifs is 1. The van der Waals surface area contributed by atoms with Crippen molar-refractivity contribution in [2.45, 2.75) is 18.6 Å². The Labute approximate surface area is 187 Å². The van der Waals surface area contributed by atoms with Crippen LogP contribution in [-0.2, 0) is 20.7 Å². The van der Waals surface area contributed by atoms with Crippen LogP contribution in [-0.4, -0.2) is 91.3 Å². The number of likely N-dealkylation sites (tertiary alicyclic amines) is 1. The number of carbonyl (C=O) groups is 2. The van der Waals surface area contributed by atoms with Gasteiger partial charge >= 0.3 is 0 Å². The van der Waals surface area contributed by atoms with Crippen molar-refractivity contribution >= 4 is 17.6 Å². The average Bonchev–Trinajstić information content (AvgIpc) is 3.29. The summed E-state index contributed by atoms with van der Waals surface area (Å²) < 4.78 is 11.2. The maximum Gasteiger partial charge on any atom is 0.254 e. The van der Waals surface area contributed by atoms with Crippen LogP contribution >= 0.6 is 0 Å². The molecule has 2 amide bonds. The predicted molar refractivity (Wildman–Crippen MR) is 119 cm³/mol. The number of amides is 2. The van der Waals surface area contributed by atoms with E-state index in [-0.39, 0.29) is 30.6 Å². The highest BCUT2D eigenvalue weighted by Crippen LogP contribution is 2.26. The highest BCUT2D eigenvalue weighted by molar-refractivity contribution is 5.95. The van der Waals surface area contributed by atoms with Gasteiger partial charge in [0.2, 0.25) is 5.91 Å². The Balaban J connectivity index is 1.27. The van der Waals surface area contributed by atoms with E-state index in [0.717, 1.165) is 25.3 Å². The van der Waals surface area contributed by atoms with Gasteiger partial charge in [0, 0.05) is 44.5 Å². The normalized spacial score (nSPS) is 23.4. The third-order valence-electron chi connectivity index (χ3n) is 6.48. The van der Waals surface area contributed by atoms with Gasteiger partial charge in [-0.2, -0.15) is 0 Å². The fraction of sp³-hybridized carbons (Fsp3) is 0.458. The molecule has 8 heteroatoms. The Morgan fingerprint density at radius 1 is 1.09 bits per heavy atom. The molecule has 3 aliphatic heterocycles. The molecule has 8 nitrogen and oxygen atoms in total. The molecule has 4 heterocycles. The number of anilines is 1. The maximum absolute atomic E-state index is 13.3.